The number of aromatic amines is 1. The van der Waals surface area contributed by atoms with Gasteiger partial charge in [0.05, 0.1) is 58.7 Å². The Balaban J connectivity index is 1.30. The van der Waals surface area contributed by atoms with Crippen molar-refractivity contribution in [3.05, 3.63) is 41.1 Å². The minimum absolute atomic E-state index is 0.0279. The van der Waals surface area contributed by atoms with Crippen LogP contribution in [0.1, 0.15) is 53.8 Å². The number of ether oxygens (including phenoxy) is 8. The third kappa shape index (κ3) is 6.00. The molecule has 0 bridgehead atoms. The van der Waals surface area contributed by atoms with Crippen LogP contribution in [0.4, 0.5) is 4.79 Å². The minimum atomic E-state index is -0.936. The fourth-order valence-electron chi connectivity index (χ4n) is 7.83. The molecule has 3 heterocycles. The van der Waals surface area contributed by atoms with E-state index in [2.05, 4.69) is 9.88 Å². The molecule has 13 heteroatoms. The Labute approximate surface area is 278 Å². The Kier molecular flexibility index (Phi) is 9.70. The zero-order chi connectivity index (χ0) is 34.1. The molecule has 1 aromatic heterocycles. The van der Waals surface area contributed by atoms with Gasteiger partial charge in [-0.15, -0.1) is 0 Å². The molecule has 0 spiro atoms. The highest BCUT2D eigenvalue weighted by Gasteiger charge is 2.50. The van der Waals surface area contributed by atoms with Gasteiger partial charge in [-0.1, -0.05) is 0 Å². The van der Waals surface area contributed by atoms with E-state index >= 15 is 0 Å². The van der Waals surface area contributed by atoms with Crippen LogP contribution in [0.25, 0.3) is 10.9 Å². The largest absolute Gasteiger partial charge is 0.514 e. The second-order valence-electron chi connectivity index (χ2n) is 12.3. The van der Waals surface area contributed by atoms with E-state index in [1.807, 2.05) is 12.1 Å². The van der Waals surface area contributed by atoms with E-state index in [1.165, 1.54) is 40.6 Å². The molecule has 2 fully saturated rings. The monoisotopic (exact) mass is 666 g/mol. The number of piperidine rings is 1. The summed E-state index contributed by atoms with van der Waals surface area (Å²) in [5.74, 6) is 0.0983. The van der Waals surface area contributed by atoms with E-state index in [0.717, 1.165) is 60.9 Å². The summed E-state index contributed by atoms with van der Waals surface area (Å²) in [5, 5.41) is 0.937. The number of carbonyl (C=O) groups excluding carboxylic acids is 3. The second kappa shape index (κ2) is 13.9. The molecule has 1 N–H and O–H groups in total. The molecule has 0 amide bonds. The normalized spacial score (nSPS) is 23.2. The average molecular weight is 667 g/mol. The molecule has 1 saturated carbocycles. The van der Waals surface area contributed by atoms with Gasteiger partial charge in [-0.05, 0) is 68.2 Å². The molecule has 258 valence electrons. The van der Waals surface area contributed by atoms with Crippen LogP contribution in [0.2, 0.25) is 0 Å². The Morgan fingerprint density at radius 2 is 1.62 bits per heavy atom. The van der Waals surface area contributed by atoms with Crippen LogP contribution in [-0.2, 0) is 25.4 Å². The maximum absolute atomic E-state index is 13.5. The van der Waals surface area contributed by atoms with Crippen molar-refractivity contribution >= 4 is 29.0 Å². The molecule has 6 rings (SSSR count). The van der Waals surface area contributed by atoms with Gasteiger partial charge < -0.3 is 42.9 Å². The third-order valence-electron chi connectivity index (χ3n) is 10.0. The standard InChI is InChI=1S/C35H42N2O11/c1-7-46-35(40)48-32-28(43-4)12-19(13-29(32)44-5)33(38)47-27-15-22-20-10-11-37-17-18-8-9-25(41-2)30(34(39)45-6)21(18)14-24(37)31(20)36-23(22)16-26(27)42-3/h12-13,15-16,18,21,24-25,30,36H,7-11,14,17H2,1-6H3. The second-order valence-corrected chi connectivity index (χ2v) is 12.3. The van der Waals surface area contributed by atoms with Crippen molar-refractivity contribution in [1.82, 2.24) is 9.88 Å². The highest BCUT2D eigenvalue weighted by atomic mass is 16.7. The van der Waals surface area contributed by atoms with Crippen molar-refractivity contribution in [2.45, 2.75) is 44.8 Å². The number of nitrogens with zero attached hydrogens (tertiary/aromatic N) is 1. The summed E-state index contributed by atoms with van der Waals surface area (Å²) in [7, 11) is 7.39. The highest BCUT2D eigenvalue weighted by Crippen LogP contribution is 2.50. The van der Waals surface area contributed by atoms with Crippen molar-refractivity contribution in [2.75, 3.05) is 55.2 Å². The Bertz CT molecular complexity index is 1680. The summed E-state index contributed by atoms with van der Waals surface area (Å²) in [4.78, 5) is 44.7. The van der Waals surface area contributed by atoms with Crippen molar-refractivity contribution in [1.29, 1.82) is 0 Å². The molecule has 48 heavy (non-hydrogen) atoms. The molecular weight excluding hydrogens is 624 g/mol. The zero-order valence-corrected chi connectivity index (χ0v) is 28.1. The number of nitrogens with one attached hydrogen (secondary N) is 1. The van der Waals surface area contributed by atoms with Gasteiger partial charge in [0, 0.05) is 42.9 Å². The smallest absolute Gasteiger partial charge is 0.493 e. The number of methoxy groups -OCH3 is 5. The quantitative estimate of drug-likeness (QED) is 0.185. The summed E-state index contributed by atoms with van der Waals surface area (Å²) >= 11 is 0. The Morgan fingerprint density at radius 1 is 0.896 bits per heavy atom. The number of hydrogen-bond donors (Lipinski definition) is 1. The molecule has 2 aliphatic heterocycles. The van der Waals surface area contributed by atoms with Crippen LogP contribution in [0.15, 0.2) is 24.3 Å². The van der Waals surface area contributed by atoms with Crippen LogP contribution >= 0.6 is 0 Å². The maximum atomic E-state index is 13.5. The van der Waals surface area contributed by atoms with Gasteiger partial charge in [0.2, 0.25) is 5.75 Å². The van der Waals surface area contributed by atoms with Crippen LogP contribution in [0, 0.1) is 17.8 Å². The average Bonchev–Trinajstić information content (AvgIpc) is 3.47. The highest BCUT2D eigenvalue weighted by molar-refractivity contribution is 5.95. The van der Waals surface area contributed by atoms with E-state index < -0.39 is 12.1 Å². The summed E-state index contributed by atoms with van der Waals surface area (Å²) in [6.07, 6.45) is 2.40. The van der Waals surface area contributed by atoms with Crippen LogP contribution in [0.5, 0.6) is 28.7 Å². The number of fused-ring (bicyclic) bond motifs is 6. The topological polar surface area (TPSA) is 144 Å². The summed E-state index contributed by atoms with van der Waals surface area (Å²) in [6.45, 7) is 3.57. The van der Waals surface area contributed by atoms with Gasteiger partial charge in [-0.25, -0.2) is 9.59 Å². The van der Waals surface area contributed by atoms with Gasteiger partial charge in [0.1, 0.15) is 0 Å². The predicted molar refractivity (Wildman–Crippen MR) is 172 cm³/mol. The fraction of sp³-hybridized carbons (Fsp3) is 0.514. The number of H-pyrrole nitrogens is 1. The molecule has 3 aromatic rings. The van der Waals surface area contributed by atoms with Crippen molar-refractivity contribution < 1.29 is 52.3 Å². The van der Waals surface area contributed by atoms with E-state index in [4.69, 9.17) is 37.9 Å². The van der Waals surface area contributed by atoms with E-state index in [0.29, 0.717) is 11.7 Å². The third-order valence-corrected chi connectivity index (χ3v) is 10.0. The van der Waals surface area contributed by atoms with Crippen LogP contribution in [-0.4, -0.2) is 89.3 Å². The lowest BCUT2D eigenvalue weighted by molar-refractivity contribution is -0.162. The number of esters is 2. The lowest BCUT2D eigenvalue weighted by Gasteiger charge is -2.51. The van der Waals surface area contributed by atoms with E-state index in [-0.39, 0.29) is 65.1 Å². The minimum Gasteiger partial charge on any atom is -0.493 e. The lowest BCUT2D eigenvalue weighted by atomic mass is 9.65. The van der Waals surface area contributed by atoms with Gasteiger partial charge in [0.25, 0.3) is 0 Å². The first-order valence-electron chi connectivity index (χ1n) is 16.1. The lowest BCUT2D eigenvalue weighted by Crippen LogP contribution is -2.53. The van der Waals surface area contributed by atoms with E-state index in [9.17, 15) is 14.4 Å². The van der Waals surface area contributed by atoms with Gasteiger partial charge in [-0.2, -0.15) is 0 Å². The van der Waals surface area contributed by atoms with Crippen molar-refractivity contribution in [3.63, 3.8) is 0 Å². The molecule has 3 aliphatic rings. The van der Waals surface area contributed by atoms with Gasteiger partial charge in [-0.3, -0.25) is 9.69 Å². The predicted octanol–water partition coefficient (Wildman–Crippen LogP) is 5.08. The molecule has 2 aromatic carbocycles. The number of benzene rings is 2. The summed E-state index contributed by atoms with van der Waals surface area (Å²) < 4.78 is 43.5. The van der Waals surface area contributed by atoms with Crippen LogP contribution in [0.3, 0.4) is 0 Å². The Hall–Kier alpha value is -4.49. The van der Waals surface area contributed by atoms with Crippen LogP contribution < -0.4 is 23.7 Å². The molecular formula is C35H42N2O11. The molecule has 0 radical (unpaired) electrons. The van der Waals surface area contributed by atoms with Crippen molar-refractivity contribution in [3.8, 4) is 28.7 Å². The molecule has 5 atom stereocenters. The Morgan fingerprint density at radius 3 is 2.27 bits per heavy atom. The molecule has 1 saturated heterocycles. The maximum Gasteiger partial charge on any atom is 0.514 e. The first-order valence-corrected chi connectivity index (χ1v) is 16.1. The van der Waals surface area contributed by atoms with Crippen molar-refractivity contribution in [2.24, 2.45) is 17.8 Å². The van der Waals surface area contributed by atoms with Gasteiger partial charge in [0.15, 0.2) is 23.0 Å². The summed E-state index contributed by atoms with van der Waals surface area (Å²) in [6, 6.07) is 6.55. The van der Waals surface area contributed by atoms with E-state index in [1.54, 1.807) is 14.0 Å². The fourth-order valence-corrected chi connectivity index (χ4v) is 7.83. The SMILES string of the molecule is CCOC(=O)Oc1c(OC)cc(C(=O)Oc2cc3c4c([nH]c3cc2OC)C2CC3C(CCC(OC)C3C(=O)OC)CN2CC4)cc1OC. The number of hydrogen-bond acceptors (Lipinski definition) is 12. The first-order chi connectivity index (χ1) is 23.2. The number of rotatable bonds is 9. The number of carbonyl (C=O) groups is 3. The summed E-state index contributed by atoms with van der Waals surface area (Å²) in [5.41, 5.74) is 3.23. The zero-order valence-electron chi connectivity index (χ0n) is 28.1. The number of aromatic nitrogens is 1. The first kappa shape index (κ1) is 33.4. The molecule has 1 aliphatic carbocycles. The molecule has 5 unspecified atom stereocenters. The molecule has 13 nitrogen and oxygen atoms in total. The van der Waals surface area contributed by atoms with Gasteiger partial charge >= 0.3 is 18.1 Å².